The molecule has 110 valence electrons. The number of benzene rings is 1. The first kappa shape index (κ1) is 14.6. The van der Waals surface area contributed by atoms with Gasteiger partial charge in [0.1, 0.15) is 11.9 Å². The van der Waals surface area contributed by atoms with Gasteiger partial charge in [0.25, 0.3) is 5.91 Å². The number of nitrogens with zero attached hydrogens (tertiary/aromatic N) is 5. The smallest absolute Gasteiger partial charge is 0.329 e. The van der Waals surface area contributed by atoms with Crippen LogP contribution in [0.15, 0.2) is 30.6 Å². The van der Waals surface area contributed by atoms with E-state index in [1.165, 1.54) is 36.8 Å². The third-order valence-electron chi connectivity index (χ3n) is 3.37. The molecule has 21 heavy (non-hydrogen) atoms. The summed E-state index contributed by atoms with van der Waals surface area (Å²) < 4.78 is 1.42. The SMILES string of the molecule is CN(C(=O)c1cccc(-n2cnnn2)c1)C(C)(C)C(=O)O. The van der Waals surface area contributed by atoms with E-state index in [1.807, 2.05) is 0 Å². The largest absolute Gasteiger partial charge is 0.480 e. The predicted octanol–water partition coefficient (Wildman–Crippen LogP) is 0.597. The molecule has 0 unspecified atom stereocenters. The van der Waals surface area contributed by atoms with Crippen LogP contribution in [0.25, 0.3) is 5.69 Å². The van der Waals surface area contributed by atoms with Crippen LogP contribution in [-0.2, 0) is 4.79 Å². The average molecular weight is 289 g/mol. The molecular formula is C13H15N5O3. The lowest BCUT2D eigenvalue weighted by molar-refractivity contribution is -0.147. The number of rotatable bonds is 4. The zero-order valence-corrected chi connectivity index (χ0v) is 11.9. The average Bonchev–Trinajstić information content (AvgIpc) is 2.99. The predicted molar refractivity (Wildman–Crippen MR) is 73.0 cm³/mol. The van der Waals surface area contributed by atoms with Crippen LogP contribution in [0.4, 0.5) is 0 Å². The molecule has 0 saturated carbocycles. The van der Waals surface area contributed by atoms with Crippen LogP contribution in [0.1, 0.15) is 24.2 Å². The Kier molecular flexibility index (Phi) is 3.70. The monoisotopic (exact) mass is 289 g/mol. The lowest BCUT2D eigenvalue weighted by atomic mass is 10.0. The molecule has 0 saturated heterocycles. The summed E-state index contributed by atoms with van der Waals surface area (Å²) in [5.74, 6) is -1.47. The highest BCUT2D eigenvalue weighted by Gasteiger charge is 2.35. The van der Waals surface area contributed by atoms with Crippen molar-refractivity contribution in [3.8, 4) is 5.69 Å². The van der Waals surface area contributed by atoms with Crippen molar-refractivity contribution < 1.29 is 14.7 Å². The van der Waals surface area contributed by atoms with Gasteiger partial charge >= 0.3 is 5.97 Å². The van der Waals surface area contributed by atoms with Crippen LogP contribution in [0, 0.1) is 0 Å². The Balaban J connectivity index is 2.32. The lowest BCUT2D eigenvalue weighted by Crippen LogP contribution is -2.50. The van der Waals surface area contributed by atoms with Gasteiger partial charge in [-0.15, -0.1) is 5.10 Å². The highest BCUT2D eigenvalue weighted by molar-refractivity contribution is 5.97. The van der Waals surface area contributed by atoms with Gasteiger partial charge in [0, 0.05) is 12.6 Å². The number of aromatic nitrogens is 4. The number of likely N-dealkylation sites (N-methyl/N-ethyl adjacent to an activating group) is 1. The van der Waals surface area contributed by atoms with E-state index in [0.717, 1.165) is 0 Å². The zero-order valence-electron chi connectivity index (χ0n) is 11.9. The standard InChI is InChI=1S/C13H15N5O3/c1-13(2,12(20)21)17(3)11(19)9-5-4-6-10(7-9)18-8-14-15-16-18/h4-8H,1-3H3,(H,20,21). The Bertz CT molecular complexity index is 666. The fraction of sp³-hybridized carbons (Fsp3) is 0.308. The molecule has 0 fully saturated rings. The zero-order chi connectivity index (χ0) is 15.6. The van der Waals surface area contributed by atoms with Crippen LogP contribution < -0.4 is 0 Å². The first-order valence-electron chi connectivity index (χ1n) is 6.19. The third-order valence-corrected chi connectivity index (χ3v) is 3.37. The van der Waals surface area contributed by atoms with Gasteiger partial charge in [0.15, 0.2) is 0 Å². The highest BCUT2D eigenvalue weighted by atomic mass is 16.4. The van der Waals surface area contributed by atoms with E-state index < -0.39 is 17.4 Å². The van der Waals surface area contributed by atoms with Gasteiger partial charge in [-0.3, -0.25) is 4.79 Å². The molecule has 1 aromatic carbocycles. The molecule has 0 aliphatic rings. The quantitative estimate of drug-likeness (QED) is 0.884. The number of tetrazole rings is 1. The molecule has 0 aliphatic carbocycles. The van der Waals surface area contributed by atoms with Gasteiger partial charge in [-0.25, -0.2) is 9.48 Å². The minimum absolute atomic E-state index is 0.361. The van der Waals surface area contributed by atoms with Crippen LogP contribution in [-0.4, -0.2) is 54.7 Å². The van der Waals surface area contributed by atoms with Crippen LogP contribution in [0.5, 0.6) is 0 Å². The van der Waals surface area contributed by atoms with Gasteiger partial charge in [0.2, 0.25) is 0 Å². The number of carboxylic acids is 1. The van der Waals surface area contributed by atoms with Crippen LogP contribution >= 0.6 is 0 Å². The second-order valence-corrected chi connectivity index (χ2v) is 5.03. The fourth-order valence-electron chi connectivity index (χ4n) is 1.65. The molecule has 0 atom stereocenters. The van der Waals surface area contributed by atoms with E-state index in [0.29, 0.717) is 11.3 Å². The molecule has 1 aromatic heterocycles. The number of carbonyl (C=O) groups is 2. The van der Waals surface area contributed by atoms with E-state index in [1.54, 1.807) is 24.3 Å². The highest BCUT2D eigenvalue weighted by Crippen LogP contribution is 2.18. The van der Waals surface area contributed by atoms with Gasteiger partial charge in [-0.1, -0.05) is 6.07 Å². The van der Waals surface area contributed by atoms with E-state index in [4.69, 9.17) is 0 Å². The molecule has 2 aromatic rings. The number of hydrogen-bond acceptors (Lipinski definition) is 5. The molecule has 0 aliphatic heterocycles. The molecule has 1 N–H and O–H groups in total. The second kappa shape index (κ2) is 5.31. The Labute approximate surface area is 121 Å². The lowest BCUT2D eigenvalue weighted by Gasteiger charge is -2.31. The normalized spacial score (nSPS) is 11.2. The first-order chi connectivity index (χ1) is 9.84. The first-order valence-corrected chi connectivity index (χ1v) is 6.19. The molecule has 0 radical (unpaired) electrons. The molecule has 0 spiro atoms. The maximum absolute atomic E-state index is 12.4. The minimum Gasteiger partial charge on any atom is -0.480 e. The van der Waals surface area contributed by atoms with Crippen molar-refractivity contribution in [2.75, 3.05) is 7.05 Å². The van der Waals surface area contributed by atoms with Crippen molar-refractivity contribution in [1.29, 1.82) is 0 Å². The summed E-state index contributed by atoms with van der Waals surface area (Å²) in [6.07, 6.45) is 1.41. The summed E-state index contributed by atoms with van der Waals surface area (Å²) in [5, 5.41) is 20.0. The Morgan fingerprint density at radius 3 is 2.62 bits per heavy atom. The number of carboxylic acid groups (broad SMARTS) is 1. The maximum Gasteiger partial charge on any atom is 0.329 e. The van der Waals surface area contributed by atoms with E-state index in [-0.39, 0.29) is 0 Å². The van der Waals surface area contributed by atoms with E-state index in [9.17, 15) is 14.7 Å². The molecule has 1 amide bonds. The Morgan fingerprint density at radius 2 is 2.05 bits per heavy atom. The van der Waals surface area contributed by atoms with Crippen molar-refractivity contribution in [3.63, 3.8) is 0 Å². The van der Waals surface area contributed by atoms with Crippen molar-refractivity contribution in [2.24, 2.45) is 0 Å². The molecule has 1 heterocycles. The van der Waals surface area contributed by atoms with Gasteiger partial charge in [0.05, 0.1) is 5.69 Å². The number of carbonyl (C=O) groups excluding carboxylic acids is 1. The summed E-state index contributed by atoms with van der Waals surface area (Å²) in [7, 11) is 1.46. The van der Waals surface area contributed by atoms with E-state index >= 15 is 0 Å². The van der Waals surface area contributed by atoms with Crippen LogP contribution in [0.3, 0.4) is 0 Å². The number of aliphatic carboxylic acids is 1. The molecule has 2 rings (SSSR count). The summed E-state index contributed by atoms with van der Waals surface area (Å²) in [6.45, 7) is 2.94. The second-order valence-electron chi connectivity index (χ2n) is 5.03. The van der Waals surface area contributed by atoms with Crippen molar-refractivity contribution in [2.45, 2.75) is 19.4 Å². The molecular weight excluding hydrogens is 274 g/mol. The molecule has 8 nitrogen and oxygen atoms in total. The van der Waals surface area contributed by atoms with Gasteiger partial charge < -0.3 is 10.0 Å². The van der Waals surface area contributed by atoms with Crippen molar-refractivity contribution in [3.05, 3.63) is 36.2 Å². The summed E-state index contributed by atoms with van der Waals surface area (Å²) in [4.78, 5) is 24.8. The van der Waals surface area contributed by atoms with Gasteiger partial charge in [-0.05, 0) is 42.5 Å². The number of hydrogen-bond donors (Lipinski definition) is 1. The van der Waals surface area contributed by atoms with Crippen molar-refractivity contribution in [1.82, 2.24) is 25.1 Å². The number of amides is 1. The van der Waals surface area contributed by atoms with Crippen molar-refractivity contribution >= 4 is 11.9 Å². The summed E-state index contributed by atoms with van der Waals surface area (Å²) in [6, 6.07) is 6.65. The van der Waals surface area contributed by atoms with Gasteiger partial charge in [-0.2, -0.15) is 0 Å². The maximum atomic E-state index is 12.4. The molecule has 0 bridgehead atoms. The Hall–Kier alpha value is -2.77. The Morgan fingerprint density at radius 1 is 1.33 bits per heavy atom. The minimum atomic E-state index is -1.30. The summed E-state index contributed by atoms with van der Waals surface area (Å²) in [5.41, 5.74) is -0.325. The summed E-state index contributed by atoms with van der Waals surface area (Å²) >= 11 is 0. The molecule has 8 heteroatoms. The van der Waals surface area contributed by atoms with Crippen LogP contribution in [0.2, 0.25) is 0 Å². The fourth-order valence-corrected chi connectivity index (χ4v) is 1.65. The van der Waals surface area contributed by atoms with E-state index in [2.05, 4.69) is 15.5 Å². The third kappa shape index (κ3) is 2.73. The topological polar surface area (TPSA) is 101 Å².